The van der Waals surface area contributed by atoms with Crippen molar-refractivity contribution in [1.82, 2.24) is 10.2 Å². The first-order valence-corrected chi connectivity index (χ1v) is 7.47. The minimum Gasteiger partial charge on any atom is -0.395 e. The first-order valence-electron chi connectivity index (χ1n) is 7.47. The lowest BCUT2D eigenvalue weighted by molar-refractivity contribution is 0.172. The Morgan fingerprint density at radius 2 is 1.95 bits per heavy atom. The standard InChI is InChI=1S/C16H24N2O2/c19-11-10-18(13-15-8-2-1-3-9-15)16(20)17-12-14-6-4-5-7-14/h1-3,8-9,14,19H,4-7,10-13H2,(H,17,20). The number of carbonyl (C=O) groups excluding carboxylic acids is 1. The maximum Gasteiger partial charge on any atom is 0.317 e. The van der Waals surface area contributed by atoms with Crippen LogP contribution in [0.3, 0.4) is 0 Å². The average Bonchev–Trinajstić information content (AvgIpc) is 2.99. The second-order valence-corrected chi connectivity index (χ2v) is 5.47. The van der Waals surface area contributed by atoms with E-state index in [1.165, 1.54) is 25.7 Å². The van der Waals surface area contributed by atoms with E-state index in [0.29, 0.717) is 19.0 Å². The summed E-state index contributed by atoms with van der Waals surface area (Å²) in [6, 6.07) is 9.80. The number of nitrogens with zero attached hydrogens (tertiary/aromatic N) is 1. The van der Waals surface area contributed by atoms with Gasteiger partial charge in [-0.1, -0.05) is 43.2 Å². The van der Waals surface area contributed by atoms with Crippen LogP contribution in [0.1, 0.15) is 31.2 Å². The Bertz CT molecular complexity index is 402. The van der Waals surface area contributed by atoms with Gasteiger partial charge in [0.25, 0.3) is 0 Å². The van der Waals surface area contributed by atoms with Crippen LogP contribution < -0.4 is 5.32 Å². The van der Waals surface area contributed by atoms with Gasteiger partial charge in [0.1, 0.15) is 0 Å². The van der Waals surface area contributed by atoms with Crippen LogP contribution in [-0.4, -0.2) is 35.7 Å². The predicted octanol–water partition coefficient (Wildman–Crippen LogP) is 2.38. The molecule has 110 valence electrons. The fraction of sp³-hybridized carbons (Fsp3) is 0.562. The van der Waals surface area contributed by atoms with Crippen molar-refractivity contribution in [2.24, 2.45) is 5.92 Å². The number of hydrogen-bond donors (Lipinski definition) is 2. The molecule has 20 heavy (non-hydrogen) atoms. The van der Waals surface area contributed by atoms with Crippen LogP contribution in [0.2, 0.25) is 0 Å². The molecule has 0 bridgehead atoms. The molecule has 0 saturated heterocycles. The van der Waals surface area contributed by atoms with Crippen molar-refractivity contribution in [2.75, 3.05) is 19.7 Å². The number of carbonyl (C=O) groups is 1. The summed E-state index contributed by atoms with van der Waals surface area (Å²) >= 11 is 0. The lowest BCUT2D eigenvalue weighted by Gasteiger charge is -2.23. The van der Waals surface area contributed by atoms with Crippen LogP contribution in [0, 0.1) is 5.92 Å². The number of amides is 2. The van der Waals surface area contributed by atoms with Gasteiger partial charge in [0, 0.05) is 19.6 Å². The van der Waals surface area contributed by atoms with Gasteiger partial charge in [0.05, 0.1) is 6.61 Å². The fourth-order valence-electron chi connectivity index (χ4n) is 2.73. The molecular formula is C16H24N2O2. The minimum absolute atomic E-state index is 0.0102. The quantitative estimate of drug-likeness (QED) is 0.838. The molecule has 2 amide bonds. The third-order valence-electron chi connectivity index (χ3n) is 3.89. The molecule has 1 aromatic carbocycles. The summed E-state index contributed by atoms with van der Waals surface area (Å²) < 4.78 is 0. The molecule has 2 rings (SSSR count). The van der Waals surface area contributed by atoms with Crippen molar-refractivity contribution in [3.8, 4) is 0 Å². The SMILES string of the molecule is O=C(NCC1CCCC1)N(CCO)Cc1ccccc1. The van der Waals surface area contributed by atoms with Crippen LogP contribution in [0.25, 0.3) is 0 Å². The number of aliphatic hydroxyl groups excluding tert-OH is 1. The van der Waals surface area contributed by atoms with Gasteiger partial charge in [-0.25, -0.2) is 4.79 Å². The monoisotopic (exact) mass is 276 g/mol. The highest BCUT2D eigenvalue weighted by Gasteiger charge is 2.18. The Hall–Kier alpha value is -1.55. The summed E-state index contributed by atoms with van der Waals surface area (Å²) in [7, 11) is 0. The van der Waals surface area contributed by atoms with Gasteiger partial charge in [0.15, 0.2) is 0 Å². The molecule has 0 spiro atoms. The van der Waals surface area contributed by atoms with E-state index in [0.717, 1.165) is 12.1 Å². The second kappa shape index (κ2) is 7.90. The van der Waals surface area contributed by atoms with E-state index in [9.17, 15) is 4.79 Å². The number of rotatable bonds is 6. The van der Waals surface area contributed by atoms with Crippen LogP contribution in [0.4, 0.5) is 4.79 Å². The highest BCUT2D eigenvalue weighted by molar-refractivity contribution is 5.74. The maximum absolute atomic E-state index is 12.2. The largest absolute Gasteiger partial charge is 0.395 e. The van der Waals surface area contributed by atoms with Crippen molar-refractivity contribution >= 4 is 6.03 Å². The first-order chi connectivity index (χ1) is 9.79. The van der Waals surface area contributed by atoms with Gasteiger partial charge >= 0.3 is 6.03 Å². The van der Waals surface area contributed by atoms with Crippen LogP contribution >= 0.6 is 0 Å². The molecule has 1 aliphatic carbocycles. The number of hydrogen-bond acceptors (Lipinski definition) is 2. The van der Waals surface area contributed by atoms with Crippen molar-refractivity contribution in [2.45, 2.75) is 32.2 Å². The minimum atomic E-state index is -0.0743. The van der Waals surface area contributed by atoms with Crippen molar-refractivity contribution in [3.63, 3.8) is 0 Å². The van der Waals surface area contributed by atoms with Crippen molar-refractivity contribution in [1.29, 1.82) is 0 Å². The molecule has 4 nitrogen and oxygen atoms in total. The van der Waals surface area contributed by atoms with Gasteiger partial charge in [0.2, 0.25) is 0 Å². The van der Waals surface area contributed by atoms with E-state index >= 15 is 0 Å². The van der Waals surface area contributed by atoms with Crippen LogP contribution in [0.15, 0.2) is 30.3 Å². The zero-order valence-electron chi connectivity index (χ0n) is 11.9. The van der Waals surface area contributed by atoms with Gasteiger partial charge in [-0.05, 0) is 24.3 Å². The zero-order valence-corrected chi connectivity index (χ0v) is 11.9. The Morgan fingerprint density at radius 3 is 2.60 bits per heavy atom. The third-order valence-corrected chi connectivity index (χ3v) is 3.89. The molecule has 0 radical (unpaired) electrons. The Labute approximate surface area is 120 Å². The Kier molecular flexibility index (Phi) is 5.87. The molecular weight excluding hydrogens is 252 g/mol. The highest BCUT2D eigenvalue weighted by Crippen LogP contribution is 2.23. The maximum atomic E-state index is 12.2. The lowest BCUT2D eigenvalue weighted by atomic mass is 10.1. The third kappa shape index (κ3) is 4.53. The Morgan fingerprint density at radius 1 is 1.25 bits per heavy atom. The van der Waals surface area contributed by atoms with Crippen molar-refractivity contribution < 1.29 is 9.90 Å². The topological polar surface area (TPSA) is 52.6 Å². The molecule has 0 atom stereocenters. The van der Waals surface area contributed by atoms with E-state index in [-0.39, 0.29) is 12.6 Å². The van der Waals surface area contributed by atoms with Gasteiger partial charge in [-0.2, -0.15) is 0 Å². The van der Waals surface area contributed by atoms with E-state index in [4.69, 9.17) is 5.11 Å². The fourth-order valence-corrected chi connectivity index (χ4v) is 2.73. The summed E-state index contributed by atoms with van der Waals surface area (Å²) in [4.78, 5) is 13.9. The number of benzene rings is 1. The zero-order chi connectivity index (χ0) is 14.2. The summed E-state index contributed by atoms with van der Waals surface area (Å²) in [5.41, 5.74) is 1.08. The van der Waals surface area contributed by atoms with Crippen LogP contribution in [0.5, 0.6) is 0 Å². The number of aliphatic hydroxyl groups is 1. The smallest absolute Gasteiger partial charge is 0.317 e. The summed E-state index contributed by atoms with van der Waals surface area (Å²) in [6.45, 7) is 1.66. The van der Waals surface area contributed by atoms with E-state index in [1.807, 2.05) is 30.3 Å². The Balaban J connectivity index is 1.84. The molecule has 4 heteroatoms. The molecule has 2 N–H and O–H groups in total. The highest BCUT2D eigenvalue weighted by atomic mass is 16.3. The first kappa shape index (κ1) is 14.9. The molecule has 1 saturated carbocycles. The normalized spacial score (nSPS) is 15.2. The number of urea groups is 1. The molecule has 1 fully saturated rings. The van der Waals surface area contributed by atoms with Gasteiger partial charge < -0.3 is 15.3 Å². The van der Waals surface area contributed by atoms with Gasteiger partial charge in [-0.3, -0.25) is 0 Å². The van der Waals surface area contributed by atoms with E-state index in [2.05, 4.69) is 5.32 Å². The van der Waals surface area contributed by atoms with E-state index < -0.39 is 0 Å². The molecule has 0 aromatic heterocycles. The lowest BCUT2D eigenvalue weighted by Crippen LogP contribution is -2.42. The predicted molar refractivity (Wildman–Crippen MR) is 79.3 cm³/mol. The summed E-state index contributed by atoms with van der Waals surface area (Å²) in [5, 5.41) is 12.1. The summed E-state index contributed by atoms with van der Waals surface area (Å²) in [6.07, 6.45) is 5.01. The molecule has 0 heterocycles. The second-order valence-electron chi connectivity index (χ2n) is 5.47. The van der Waals surface area contributed by atoms with Gasteiger partial charge in [-0.15, -0.1) is 0 Å². The van der Waals surface area contributed by atoms with Crippen LogP contribution in [-0.2, 0) is 6.54 Å². The van der Waals surface area contributed by atoms with Crippen molar-refractivity contribution in [3.05, 3.63) is 35.9 Å². The molecule has 1 aliphatic rings. The van der Waals surface area contributed by atoms with E-state index in [1.54, 1.807) is 4.90 Å². The molecule has 0 unspecified atom stereocenters. The molecule has 0 aliphatic heterocycles. The number of nitrogens with one attached hydrogen (secondary N) is 1. The summed E-state index contributed by atoms with van der Waals surface area (Å²) in [5.74, 6) is 0.631. The average molecular weight is 276 g/mol. The molecule has 1 aromatic rings.